The summed E-state index contributed by atoms with van der Waals surface area (Å²) in [6.45, 7) is 1.45. The zero-order chi connectivity index (χ0) is 21.0. The van der Waals surface area contributed by atoms with Gasteiger partial charge in [-0.2, -0.15) is 0 Å². The van der Waals surface area contributed by atoms with Crippen LogP contribution in [0.25, 0.3) is 11.1 Å². The van der Waals surface area contributed by atoms with Gasteiger partial charge in [0.2, 0.25) is 5.91 Å². The Morgan fingerprint density at radius 1 is 1.13 bits per heavy atom. The molecule has 158 valence electrons. The molecule has 0 saturated carbocycles. The normalized spacial score (nSPS) is 19.2. The number of oxazole rings is 1. The van der Waals surface area contributed by atoms with Crippen molar-refractivity contribution in [3.05, 3.63) is 65.1 Å². The lowest BCUT2D eigenvalue weighted by Crippen LogP contribution is -2.49. The molecular formula is C23H26N2O5. The number of nitrogens with zero attached hydrogens (tertiary/aromatic N) is 2. The second-order valence-corrected chi connectivity index (χ2v) is 7.91. The number of aliphatic hydroxyl groups is 1. The van der Waals surface area contributed by atoms with E-state index >= 15 is 0 Å². The first-order valence-electron chi connectivity index (χ1n) is 10.3. The Morgan fingerprint density at radius 3 is 2.70 bits per heavy atom. The molecular weight excluding hydrogens is 384 g/mol. The van der Waals surface area contributed by atoms with E-state index in [0.29, 0.717) is 37.2 Å². The van der Waals surface area contributed by atoms with Crippen LogP contribution in [0.3, 0.4) is 0 Å². The monoisotopic (exact) mass is 410 g/mol. The highest BCUT2D eigenvalue weighted by molar-refractivity contribution is 5.79. The molecule has 7 heteroatoms. The lowest BCUT2D eigenvalue weighted by molar-refractivity contribution is -0.136. The molecule has 30 heavy (non-hydrogen) atoms. The molecule has 1 amide bonds. The summed E-state index contributed by atoms with van der Waals surface area (Å²) in [4.78, 5) is 26.9. The molecule has 0 aliphatic carbocycles. The van der Waals surface area contributed by atoms with E-state index in [2.05, 4.69) is 0 Å². The molecule has 1 atom stereocenters. The Morgan fingerprint density at radius 2 is 1.90 bits per heavy atom. The number of hydrogen-bond acceptors (Lipinski definition) is 5. The molecule has 0 bridgehead atoms. The molecule has 1 saturated heterocycles. The van der Waals surface area contributed by atoms with Crippen LogP contribution in [0.1, 0.15) is 19.3 Å². The largest absolute Gasteiger partial charge is 0.494 e. The van der Waals surface area contributed by atoms with E-state index < -0.39 is 11.2 Å². The minimum Gasteiger partial charge on any atom is -0.494 e. The summed E-state index contributed by atoms with van der Waals surface area (Å²) in [5.41, 5.74) is 0.681. The lowest BCUT2D eigenvalue weighted by atomic mass is 9.78. The fraction of sp³-hybridized carbons (Fsp3) is 0.391. The van der Waals surface area contributed by atoms with E-state index in [4.69, 9.17) is 9.15 Å². The molecule has 4 rings (SSSR count). The number of rotatable bonds is 7. The van der Waals surface area contributed by atoms with Crippen molar-refractivity contribution >= 4 is 17.0 Å². The number of para-hydroxylation sites is 3. The molecule has 7 nitrogen and oxygen atoms in total. The molecule has 3 aromatic rings. The van der Waals surface area contributed by atoms with Crippen LogP contribution in [0.4, 0.5) is 0 Å². The van der Waals surface area contributed by atoms with Gasteiger partial charge in [0.1, 0.15) is 12.3 Å². The van der Waals surface area contributed by atoms with Crippen LogP contribution in [-0.2, 0) is 11.3 Å². The number of fused-ring (bicyclic) bond motifs is 1. The van der Waals surface area contributed by atoms with E-state index in [1.165, 1.54) is 4.57 Å². The van der Waals surface area contributed by atoms with Crippen LogP contribution >= 0.6 is 0 Å². The number of likely N-dealkylation sites (tertiary alicyclic amines) is 1. The first kappa shape index (κ1) is 20.2. The van der Waals surface area contributed by atoms with Crippen molar-refractivity contribution in [2.75, 3.05) is 26.3 Å². The van der Waals surface area contributed by atoms with Crippen molar-refractivity contribution in [1.29, 1.82) is 0 Å². The molecule has 0 radical (unpaired) electrons. The van der Waals surface area contributed by atoms with E-state index in [1.54, 1.807) is 23.1 Å². The van der Waals surface area contributed by atoms with Crippen LogP contribution in [0.5, 0.6) is 5.75 Å². The first-order chi connectivity index (χ1) is 14.6. The van der Waals surface area contributed by atoms with Crippen LogP contribution in [0.2, 0.25) is 0 Å². The quantitative estimate of drug-likeness (QED) is 0.647. The Labute approximate surface area is 174 Å². The Balaban J connectivity index is 1.42. The van der Waals surface area contributed by atoms with Crippen molar-refractivity contribution in [1.82, 2.24) is 9.47 Å². The Kier molecular flexibility index (Phi) is 5.90. The summed E-state index contributed by atoms with van der Waals surface area (Å²) in [7, 11) is 0. The van der Waals surface area contributed by atoms with Crippen LogP contribution in [0.15, 0.2) is 63.8 Å². The lowest BCUT2D eigenvalue weighted by Gasteiger charge is -2.41. The van der Waals surface area contributed by atoms with E-state index in [9.17, 15) is 14.7 Å². The predicted molar refractivity (Wildman–Crippen MR) is 112 cm³/mol. The van der Waals surface area contributed by atoms with Crippen molar-refractivity contribution in [3.8, 4) is 5.75 Å². The fourth-order valence-electron chi connectivity index (χ4n) is 4.13. The van der Waals surface area contributed by atoms with Crippen molar-refractivity contribution < 1.29 is 19.1 Å². The number of carbonyl (C=O) groups is 1. The summed E-state index contributed by atoms with van der Waals surface area (Å²) in [5, 5.41) is 10.1. The third-order valence-corrected chi connectivity index (χ3v) is 5.86. The molecule has 1 fully saturated rings. The highest BCUT2D eigenvalue weighted by Gasteiger charge is 2.37. The van der Waals surface area contributed by atoms with Gasteiger partial charge in [-0.15, -0.1) is 0 Å². The average Bonchev–Trinajstić information content (AvgIpc) is 3.09. The number of aliphatic hydroxyl groups excluding tert-OH is 1. The highest BCUT2D eigenvalue weighted by atomic mass is 16.5. The summed E-state index contributed by atoms with van der Waals surface area (Å²) in [6.07, 6.45) is 2.29. The molecule has 0 spiro atoms. The summed E-state index contributed by atoms with van der Waals surface area (Å²) >= 11 is 0. The van der Waals surface area contributed by atoms with Gasteiger partial charge in [0.15, 0.2) is 5.58 Å². The van der Waals surface area contributed by atoms with Gasteiger partial charge in [0.25, 0.3) is 0 Å². The van der Waals surface area contributed by atoms with Gasteiger partial charge in [-0.3, -0.25) is 9.36 Å². The molecule has 2 heterocycles. The second-order valence-electron chi connectivity index (χ2n) is 7.91. The molecule has 1 N–H and O–H groups in total. The SMILES string of the molecule is O=C(Cn1c(=O)oc2ccccc21)N1CCC[C@@](CO)(CCOc2ccccc2)C1. The van der Waals surface area contributed by atoms with Crippen molar-refractivity contribution in [3.63, 3.8) is 0 Å². The van der Waals surface area contributed by atoms with Gasteiger partial charge in [-0.1, -0.05) is 30.3 Å². The van der Waals surface area contributed by atoms with Crippen LogP contribution in [0, 0.1) is 5.41 Å². The molecule has 2 aromatic carbocycles. The van der Waals surface area contributed by atoms with Crippen LogP contribution in [-0.4, -0.2) is 46.8 Å². The molecule has 1 aliphatic rings. The molecule has 0 unspecified atom stereocenters. The maximum Gasteiger partial charge on any atom is 0.420 e. The maximum absolute atomic E-state index is 13.0. The Hall–Kier alpha value is -3.06. The zero-order valence-corrected chi connectivity index (χ0v) is 16.8. The van der Waals surface area contributed by atoms with E-state index in [1.807, 2.05) is 36.4 Å². The standard InChI is InChI=1S/C23H26N2O5/c26-17-23(12-14-29-18-7-2-1-3-8-18)11-6-13-24(16-23)21(27)15-25-19-9-4-5-10-20(19)30-22(25)28/h1-5,7-10,26H,6,11-17H2/t23-/m1/s1. The van der Waals surface area contributed by atoms with Gasteiger partial charge in [-0.25, -0.2) is 4.79 Å². The molecule has 1 aromatic heterocycles. The number of amides is 1. The Bertz CT molecular complexity index is 1060. The number of aromatic nitrogens is 1. The van der Waals surface area contributed by atoms with Gasteiger partial charge < -0.3 is 19.2 Å². The average molecular weight is 410 g/mol. The number of carbonyl (C=O) groups excluding carboxylic acids is 1. The fourth-order valence-corrected chi connectivity index (χ4v) is 4.13. The summed E-state index contributed by atoms with van der Waals surface area (Å²) in [6, 6.07) is 16.6. The van der Waals surface area contributed by atoms with Gasteiger partial charge in [-0.05, 0) is 43.5 Å². The summed E-state index contributed by atoms with van der Waals surface area (Å²) in [5.74, 6) is 0.108. The zero-order valence-electron chi connectivity index (χ0n) is 16.8. The second kappa shape index (κ2) is 8.75. The number of piperidine rings is 1. The van der Waals surface area contributed by atoms with Gasteiger partial charge in [0, 0.05) is 18.5 Å². The van der Waals surface area contributed by atoms with Crippen molar-refractivity contribution in [2.24, 2.45) is 5.41 Å². The predicted octanol–water partition coefficient (Wildman–Crippen LogP) is 2.66. The number of ether oxygens (including phenoxy) is 1. The van der Waals surface area contributed by atoms with E-state index in [0.717, 1.165) is 18.6 Å². The number of hydrogen-bond donors (Lipinski definition) is 1. The molecule has 1 aliphatic heterocycles. The first-order valence-corrected chi connectivity index (χ1v) is 10.3. The number of benzene rings is 2. The third-order valence-electron chi connectivity index (χ3n) is 5.86. The van der Waals surface area contributed by atoms with Gasteiger partial charge >= 0.3 is 5.76 Å². The summed E-state index contributed by atoms with van der Waals surface area (Å²) < 4.78 is 12.4. The van der Waals surface area contributed by atoms with Crippen molar-refractivity contribution in [2.45, 2.75) is 25.8 Å². The maximum atomic E-state index is 13.0. The van der Waals surface area contributed by atoms with E-state index in [-0.39, 0.29) is 19.1 Å². The third kappa shape index (κ3) is 4.26. The van der Waals surface area contributed by atoms with Gasteiger partial charge in [0.05, 0.1) is 18.7 Å². The minimum absolute atomic E-state index is 0.0104. The topological polar surface area (TPSA) is 84.9 Å². The highest BCUT2D eigenvalue weighted by Crippen LogP contribution is 2.33. The minimum atomic E-state index is -0.536. The van der Waals surface area contributed by atoms with Crippen LogP contribution < -0.4 is 10.5 Å². The smallest absolute Gasteiger partial charge is 0.420 e.